The normalized spacial score (nSPS) is 17.0. The molecule has 24 heavy (non-hydrogen) atoms. The molecule has 1 atom stereocenters. The number of aromatic nitrogens is 1. The van der Waals surface area contributed by atoms with Crippen molar-refractivity contribution in [2.24, 2.45) is 0 Å². The molecular weight excluding hydrogens is 304 g/mol. The average Bonchev–Trinajstić information content (AvgIpc) is 3.09. The topological polar surface area (TPSA) is 43.7 Å². The monoisotopic (exact) mass is 326 g/mol. The van der Waals surface area contributed by atoms with E-state index in [0.717, 1.165) is 12.1 Å². The van der Waals surface area contributed by atoms with Crippen molar-refractivity contribution in [1.82, 2.24) is 9.47 Å². The fraction of sp³-hybridized carbons (Fsp3) is 0.316. The van der Waals surface area contributed by atoms with Crippen molar-refractivity contribution in [3.63, 3.8) is 0 Å². The minimum absolute atomic E-state index is 0.0109. The summed E-state index contributed by atoms with van der Waals surface area (Å²) in [7, 11) is 3.22. The Morgan fingerprint density at radius 1 is 1.17 bits per heavy atom. The number of hydrogen-bond acceptors (Lipinski definition) is 3. The number of fused-ring (bicyclic) bond motifs is 1. The highest BCUT2D eigenvalue weighted by Gasteiger charge is 2.25. The van der Waals surface area contributed by atoms with Gasteiger partial charge in [0.15, 0.2) is 0 Å². The third-order valence-corrected chi connectivity index (χ3v) is 4.42. The van der Waals surface area contributed by atoms with E-state index in [1.54, 1.807) is 32.4 Å². The Balaban J connectivity index is 1.76. The first kappa shape index (κ1) is 16.2. The number of amides is 1. The summed E-state index contributed by atoms with van der Waals surface area (Å²) in [5, 5.41) is 0. The third-order valence-electron chi connectivity index (χ3n) is 4.42. The van der Waals surface area contributed by atoms with Gasteiger partial charge in [-0.15, -0.1) is 0 Å². The summed E-state index contributed by atoms with van der Waals surface area (Å²) in [6.45, 7) is 3.61. The summed E-state index contributed by atoms with van der Waals surface area (Å²) in [6, 6.07) is 9.72. The molecule has 0 unspecified atom stereocenters. The summed E-state index contributed by atoms with van der Waals surface area (Å²) in [5.41, 5.74) is 2.04. The van der Waals surface area contributed by atoms with Crippen molar-refractivity contribution in [1.29, 1.82) is 0 Å². The molecule has 1 aliphatic rings. The quantitative estimate of drug-likeness (QED) is 0.811. The Bertz CT molecular complexity index is 741. The molecule has 0 aliphatic carbocycles. The number of methoxy groups -OCH3 is 2. The van der Waals surface area contributed by atoms with E-state index in [2.05, 4.69) is 23.8 Å². The van der Waals surface area contributed by atoms with Crippen molar-refractivity contribution in [3.05, 3.63) is 53.9 Å². The standard InChI is InChI=1S/C19H22N2O3/c1-14-18-5-4-8-20(18)9-10-21(14)19(22)7-6-15-11-16(23-2)13-17(12-15)24-3/h4-8,11-14H,9-10H2,1-3H3/b7-6-/t14-/m0/s1. The highest BCUT2D eigenvalue weighted by Crippen LogP contribution is 2.26. The van der Waals surface area contributed by atoms with Gasteiger partial charge in [-0.2, -0.15) is 0 Å². The lowest BCUT2D eigenvalue weighted by Gasteiger charge is -2.34. The van der Waals surface area contributed by atoms with Crippen molar-refractivity contribution in [2.45, 2.75) is 19.5 Å². The summed E-state index contributed by atoms with van der Waals surface area (Å²) >= 11 is 0. The maximum atomic E-state index is 12.6. The highest BCUT2D eigenvalue weighted by atomic mass is 16.5. The molecule has 1 aromatic heterocycles. The van der Waals surface area contributed by atoms with Crippen molar-refractivity contribution in [2.75, 3.05) is 20.8 Å². The van der Waals surface area contributed by atoms with Crippen molar-refractivity contribution >= 4 is 12.0 Å². The van der Waals surface area contributed by atoms with Gasteiger partial charge in [0.1, 0.15) is 11.5 Å². The van der Waals surface area contributed by atoms with Gasteiger partial charge in [0.2, 0.25) is 5.91 Å². The van der Waals surface area contributed by atoms with Gasteiger partial charge < -0.3 is 18.9 Å². The van der Waals surface area contributed by atoms with Crippen LogP contribution >= 0.6 is 0 Å². The zero-order valence-corrected chi connectivity index (χ0v) is 14.2. The molecule has 0 saturated carbocycles. The molecule has 3 rings (SSSR count). The smallest absolute Gasteiger partial charge is 0.247 e. The average molecular weight is 326 g/mol. The Kier molecular flexibility index (Phi) is 4.60. The van der Waals surface area contributed by atoms with Gasteiger partial charge in [-0.3, -0.25) is 4.79 Å². The van der Waals surface area contributed by atoms with Crippen LogP contribution in [-0.4, -0.2) is 36.1 Å². The van der Waals surface area contributed by atoms with Gasteiger partial charge in [0, 0.05) is 37.1 Å². The number of carbonyl (C=O) groups is 1. The van der Waals surface area contributed by atoms with Crippen molar-refractivity contribution in [3.8, 4) is 11.5 Å². The number of benzene rings is 1. The summed E-state index contributed by atoms with van der Waals surface area (Å²) in [6.07, 6.45) is 5.48. The van der Waals surface area contributed by atoms with E-state index in [1.165, 1.54) is 5.69 Å². The minimum atomic E-state index is 0.0109. The molecule has 1 amide bonds. The van der Waals surface area contributed by atoms with E-state index in [4.69, 9.17) is 9.47 Å². The van der Waals surface area contributed by atoms with Crippen LogP contribution in [0.4, 0.5) is 0 Å². The van der Waals surface area contributed by atoms with E-state index in [9.17, 15) is 4.79 Å². The lowest BCUT2D eigenvalue weighted by atomic mass is 10.1. The fourth-order valence-electron chi connectivity index (χ4n) is 3.07. The molecule has 2 heterocycles. The Hall–Kier alpha value is -2.69. The van der Waals surface area contributed by atoms with E-state index in [0.29, 0.717) is 18.0 Å². The Morgan fingerprint density at radius 2 is 1.88 bits per heavy atom. The lowest BCUT2D eigenvalue weighted by Crippen LogP contribution is -2.39. The summed E-state index contributed by atoms with van der Waals surface area (Å²) in [4.78, 5) is 14.5. The molecule has 0 radical (unpaired) electrons. The summed E-state index contributed by atoms with van der Waals surface area (Å²) < 4.78 is 12.7. The Morgan fingerprint density at radius 3 is 2.54 bits per heavy atom. The molecule has 0 N–H and O–H groups in total. The van der Waals surface area contributed by atoms with Gasteiger partial charge in [-0.05, 0) is 42.8 Å². The van der Waals surface area contributed by atoms with Crippen LogP contribution in [0.2, 0.25) is 0 Å². The highest BCUT2D eigenvalue weighted by molar-refractivity contribution is 5.92. The maximum absolute atomic E-state index is 12.6. The second-order valence-electron chi connectivity index (χ2n) is 5.81. The van der Waals surface area contributed by atoms with Crippen molar-refractivity contribution < 1.29 is 14.3 Å². The molecular formula is C19H22N2O3. The maximum Gasteiger partial charge on any atom is 0.247 e. The minimum Gasteiger partial charge on any atom is -0.497 e. The van der Waals surface area contributed by atoms with Crippen LogP contribution in [0.25, 0.3) is 6.08 Å². The first-order valence-corrected chi connectivity index (χ1v) is 7.99. The molecule has 0 bridgehead atoms. The van der Waals surface area contributed by atoms with E-state index < -0.39 is 0 Å². The molecule has 2 aromatic rings. The zero-order chi connectivity index (χ0) is 17.1. The molecule has 1 aromatic carbocycles. The van der Waals surface area contributed by atoms with Gasteiger partial charge in [-0.25, -0.2) is 0 Å². The van der Waals surface area contributed by atoms with Crippen LogP contribution in [-0.2, 0) is 11.3 Å². The second-order valence-corrected chi connectivity index (χ2v) is 5.81. The zero-order valence-electron chi connectivity index (χ0n) is 14.2. The first-order valence-electron chi connectivity index (χ1n) is 7.99. The molecule has 0 fully saturated rings. The van der Waals surface area contributed by atoms with E-state index in [-0.39, 0.29) is 11.9 Å². The van der Waals surface area contributed by atoms with Gasteiger partial charge in [-0.1, -0.05) is 0 Å². The van der Waals surface area contributed by atoms with Crippen LogP contribution in [0.1, 0.15) is 24.2 Å². The number of ether oxygens (including phenoxy) is 2. The van der Waals surface area contributed by atoms with E-state index in [1.807, 2.05) is 23.1 Å². The summed E-state index contributed by atoms with van der Waals surface area (Å²) in [5.74, 6) is 1.41. The SMILES string of the molecule is COc1cc(/C=C\C(=O)N2CCn3cccc3[C@@H]2C)cc(OC)c1. The predicted molar refractivity (Wildman–Crippen MR) is 93.1 cm³/mol. The Labute approximate surface area is 142 Å². The number of hydrogen-bond donors (Lipinski definition) is 0. The third kappa shape index (κ3) is 3.15. The largest absolute Gasteiger partial charge is 0.497 e. The lowest BCUT2D eigenvalue weighted by molar-refractivity contribution is -0.129. The first-order chi connectivity index (χ1) is 11.6. The molecule has 5 heteroatoms. The molecule has 0 spiro atoms. The van der Waals surface area contributed by atoms with Crippen LogP contribution in [0.15, 0.2) is 42.6 Å². The van der Waals surface area contributed by atoms with Crippen LogP contribution < -0.4 is 9.47 Å². The molecule has 5 nitrogen and oxygen atoms in total. The second kappa shape index (κ2) is 6.83. The molecule has 1 aliphatic heterocycles. The predicted octanol–water partition coefficient (Wildman–Crippen LogP) is 3.12. The number of carbonyl (C=O) groups excluding carboxylic acids is 1. The van der Waals surface area contributed by atoms with E-state index >= 15 is 0 Å². The number of nitrogens with zero attached hydrogens (tertiary/aromatic N) is 2. The van der Waals surface area contributed by atoms with Gasteiger partial charge >= 0.3 is 0 Å². The fourth-order valence-corrected chi connectivity index (χ4v) is 3.07. The number of rotatable bonds is 4. The molecule has 0 saturated heterocycles. The van der Waals surface area contributed by atoms with Gasteiger partial charge in [0.05, 0.1) is 20.3 Å². The van der Waals surface area contributed by atoms with Crippen LogP contribution in [0.5, 0.6) is 11.5 Å². The molecule has 126 valence electrons. The van der Waals surface area contributed by atoms with Crippen LogP contribution in [0, 0.1) is 0 Å². The van der Waals surface area contributed by atoms with Crippen LogP contribution in [0.3, 0.4) is 0 Å². The van der Waals surface area contributed by atoms with Gasteiger partial charge in [0.25, 0.3) is 0 Å².